The molecule has 0 bridgehead atoms. The Morgan fingerprint density at radius 3 is 0.974 bits per heavy atom. The van der Waals surface area contributed by atoms with Crippen molar-refractivity contribution in [1.29, 1.82) is 0 Å². The second-order valence-corrected chi connectivity index (χ2v) is 12.6. The lowest BCUT2D eigenvalue weighted by molar-refractivity contribution is -0.160. The summed E-state index contributed by atoms with van der Waals surface area (Å²) in [6.45, 7) is 17.6. The number of nitrogens with zero attached hydrogens (tertiary/aromatic N) is 4. The Hall–Kier alpha value is -2.28. The number of aliphatic carboxylic acids is 1. The van der Waals surface area contributed by atoms with Crippen LogP contribution in [-0.2, 0) is 33.4 Å². The third-order valence-corrected chi connectivity index (χ3v) is 4.94. The number of hydrogen-bond donors (Lipinski definition) is 1. The number of esters is 3. The van der Waals surface area contributed by atoms with Crippen LogP contribution in [-0.4, -0.2) is 131 Å². The largest absolute Gasteiger partial charge is 0.480 e. The average molecular weight is 545 g/mol. The third-order valence-electron chi connectivity index (χ3n) is 4.94. The molecule has 1 N–H and O–H groups in total. The van der Waals surface area contributed by atoms with Gasteiger partial charge in [-0.1, -0.05) is 0 Å². The lowest BCUT2D eigenvalue weighted by Crippen LogP contribution is -2.53. The van der Waals surface area contributed by atoms with Crippen molar-refractivity contribution in [2.24, 2.45) is 0 Å². The first-order valence-corrected chi connectivity index (χ1v) is 13.0. The predicted octanol–water partition coefficient (Wildman–Crippen LogP) is 1.23. The molecular formula is C26H48N4O8. The molecule has 38 heavy (non-hydrogen) atoms. The molecule has 0 atom stereocenters. The fraction of sp³-hybridized carbons (Fsp3) is 0.846. The van der Waals surface area contributed by atoms with E-state index >= 15 is 0 Å². The van der Waals surface area contributed by atoms with Crippen LogP contribution in [0, 0.1) is 0 Å². The van der Waals surface area contributed by atoms with Crippen LogP contribution >= 0.6 is 0 Å². The molecule has 1 aliphatic heterocycles. The lowest BCUT2D eigenvalue weighted by Gasteiger charge is -2.37. The quantitative estimate of drug-likeness (QED) is 0.348. The Kier molecular flexibility index (Phi) is 12.6. The predicted molar refractivity (Wildman–Crippen MR) is 141 cm³/mol. The van der Waals surface area contributed by atoms with Crippen LogP contribution in [0.4, 0.5) is 0 Å². The molecule has 0 aromatic rings. The number of carbonyl (C=O) groups is 4. The molecular weight excluding hydrogens is 496 g/mol. The standard InChI is InChI=1S/C26H48N4O8/c1-24(2,3)36-21(33)15-28-12-13-30(17-23(35)38-26(7,8)9)19-29(16-22(34)37-25(4,5)6)11-10-27(18-28)14-20(31)32/h10-19H2,1-9H3,(H,31,32). The molecule has 0 amide bonds. The van der Waals surface area contributed by atoms with Gasteiger partial charge in [-0.25, -0.2) is 0 Å². The van der Waals surface area contributed by atoms with Gasteiger partial charge in [0.15, 0.2) is 0 Å². The van der Waals surface area contributed by atoms with E-state index in [0.717, 1.165) is 0 Å². The minimum absolute atomic E-state index is 0.0127. The Bertz CT molecular complexity index is 814. The molecule has 1 saturated heterocycles. The van der Waals surface area contributed by atoms with Gasteiger partial charge >= 0.3 is 23.9 Å². The van der Waals surface area contributed by atoms with Crippen LogP contribution in [0.5, 0.6) is 0 Å². The smallest absolute Gasteiger partial charge is 0.320 e. The van der Waals surface area contributed by atoms with Crippen molar-refractivity contribution in [3.63, 3.8) is 0 Å². The highest BCUT2D eigenvalue weighted by Crippen LogP contribution is 2.12. The van der Waals surface area contributed by atoms with Gasteiger partial charge in [-0.15, -0.1) is 0 Å². The Labute approximate surface area is 227 Å². The van der Waals surface area contributed by atoms with Crippen molar-refractivity contribution >= 4 is 23.9 Å². The summed E-state index contributed by atoms with van der Waals surface area (Å²) in [5.41, 5.74) is -1.95. The van der Waals surface area contributed by atoms with Crippen LogP contribution in [0.1, 0.15) is 62.3 Å². The average Bonchev–Trinajstić information content (AvgIpc) is 2.64. The fourth-order valence-electron chi connectivity index (χ4n) is 3.79. The molecule has 0 spiro atoms. The molecule has 0 saturated carbocycles. The van der Waals surface area contributed by atoms with E-state index in [9.17, 15) is 24.3 Å². The first-order valence-electron chi connectivity index (χ1n) is 13.0. The summed E-state index contributed by atoms with van der Waals surface area (Å²) in [5.74, 6) is -2.24. The van der Waals surface area contributed by atoms with Gasteiger partial charge in [-0.05, 0) is 62.3 Å². The van der Waals surface area contributed by atoms with Crippen molar-refractivity contribution in [2.45, 2.75) is 79.1 Å². The molecule has 0 aromatic carbocycles. The molecule has 0 aromatic heterocycles. The number of rotatable bonds is 8. The molecule has 0 radical (unpaired) electrons. The summed E-state index contributed by atoms with van der Waals surface area (Å²) < 4.78 is 16.5. The zero-order valence-electron chi connectivity index (χ0n) is 24.7. The zero-order valence-corrected chi connectivity index (χ0v) is 24.7. The SMILES string of the molecule is CC(C)(C)OC(=O)CN1CCN(CC(=O)OC(C)(C)C)CN(CC(=O)OC(C)(C)C)CCN(CC(=O)O)C1. The Balaban J connectivity index is 3.14. The van der Waals surface area contributed by atoms with Crippen LogP contribution in [0.15, 0.2) is 0 Å². The van der Waals surface area contributed by atoms with E-state index in [1.165, 1.54) is 0 Å². The van der Waals surface area contributed by atoms with Gasteiger partial charge in [0, 0.05) is 26.2 Å². The highest BCUT2D eigenvalue weighted by atomic mass is 16.6. The van der Waals surface area contributed by atoms with E-state index in [1.807, 2.05) is 14.7 Å². The van der Waals surface area contributed by atoms with Crippen LogP contribution in [0.25, 0.3) is 0 Å². The maximum absolute atomic E-state index is 12.6. The summed E-state index contributed by atoms with van der Waals surface area (Å²) in [6.07, 6.45) is 0. The third kappa shape index (κ3) is 16.5. The van der Waals surface area contributed by atoms with Crippen molar-refractivity contribution in [3.05, 3.63) is 0 Å². The maximum atomic E-state index is 12.6. The molecule has 12 nitrogen and oxygen atoms in total. The van der Waals surface area contributed by atoms with E-state index in [-0.39, 0.29) is 39.5 Å². The maximum Gasteiger partial charge on any atom is 0.320 e. The molecule has 1 aliphatic rings. The van der Waals surface area contributed by atoms with Gasteiger partial charge in [0.1, 0.15) is 16.8 Å². The minimum Gasteiger partial charge on any atom is -0.480 e. The summed E-state index contributed by atoms with van der Waals surface area (Å²) in [7, 11) is 0. The monoisotopic (exact) mass is 544 g/mol. The first kappa shape index (κ1) is 33.7. The number of hydrogen-bond acceptors (Lipinski definition) is 11. The highest BCUT2D eigenvalue weighted by Gasteiger charge is 2.27. The number of carbonyl (C=O) groups excluding carboxylic acids is 3. The van der Waals surface area contributed by atoms with Crippen molar-refractivity contribution in [3.8, 4) is 0 Å². The Morgan fingerprint density at radius 1 is 0.526 bits per heavy atom. The fourth-order valence-corrected chi connectivity index (χ4v) is 3.79. The van der Waals surface area contributed by atoms with Crippen molar-refractivity contribution in [2.75, 3.05) is 65.7 Å². The number of carboxylic acids is 1. The first-order chi connectivity index (χ1) is 17.2. The van der Waals surface area contributed by atoms with Crippen LogP contribution in [0.3, 0.4) is 0 Å². The molecule has 12 heteroatoms. The van der Waals surface area contributed by atoms with E-state index in [1.54, 1.807) is 67.2 Å². The van der Waals surface area contributed by atoms with Crippen molar-refractivity contribution < 1.29 is 38.5 Å². The molecule has 1 heterocycles. The summed E-state index contributed by atoms with van der Waals surface area (Å²) >= 11 is 0. The van der Waals surface area contributed by atoms with E-state index in [0.29, 0.717) is 26.2 Å². The summed E-state index contributed by atoms with van der Waals surface area (Å²) in [6, 6.07) is 0. The van der Waals surface area contributed by atoms with E-state index in [2.05, 4.69) is 0 Å². The summed E-state index contributed by atoms with van der Waals surface area (Å²) in [5, 5.41) is 9.45. The highest BCUT2D eigenvalue weighted by molar-refractivity contribution is 5.73. The van der Waals surface area contributed by atoms with Crippen molar-refractivity contribution in [1.82, 2.24) is 19.6 Å². The second-order valence-electron chi connectivity index (χ2n) is 12.6. The van der Waals surface area contributed by atoms with Gasteiger partial charge in [-0.2, -0.15) is 0 Å². The number of carboxylic acid groups (broad SMARTS) is 1. The van der Waals surface area contributed by atoms with Gasteiger partial charge in [0.05, 0.1) is 39.5 Å². The normalized spacial score (nSPS) is 18.0. The van der Waals surface area contributed by atoms with E-state index < -0.39 is 40.7 Å². The summed E-state index contributed by atoms with van der Waals surface area (Å²) in [4.78, 5) is 56.6. The van der Waals surface area contributed by atoms with Gasteiger partial charge in [-0.3, -0.25) is 38.8 Å². The minimum atomic E-state index is -0.996. The van der Waals surface area contributed by atoms with Crippen LogP contribution in [0.2, 0.25) is 0 Å². The molecule has 0 unspecified atom stereocenters. The molecule has 0 aliphatic carbocycles. The lowest BCUT2D eigenvalue weighted by atomic mass is 10.2. The van der Waals surface area contributed by atoms with Gasteiger partial charge in [0.25, 0.3) is 0 Å². The van der Waals surface area contributed by atoms with E-state index in [4.69, 9.17) is 14.2 Å². The van der Waals surface area contributed by atoms with Gasteiger partial charge in [0.2, 0.25) is 0 Å². The Morgan fingerprint density at radius 2 is 0.763 bits per heavy atom. The van der Waals surface area contributed by atoms with Gasteiger partial charge < -0.3 is 19.3 Å². The number of ether oxygens (including phenoxy) is 3. The molecule has 220 valence electrons. The zero-order chi connectivity index (χ0) is 29.3. The molecule has 1 fully saturated rings. The second kappa shape index (κ2) is 14.2. The van der Waals surface area contributed by atoms with Crippen LogP contribution < -0.4 is 0 Å². The topological polar surface area (TPSA) is 129 Å². The molecule has 1 rings (SSSR count).